The van der Waals surface area contributed by atoms with Gasteiger partial charge in [-0.3, -0.25) is 0 Å². The minimum Gasteiger partial charge on any atom is -0.386 e. The van der Waals surface area contributed by atoms with E-state index in [0.29, 0.717) is 6.17 Å². The van der Waals surface area contributed by atoms with Crippen LogP contribution in [-0.2, 0) is 0 Å². The van der Waals surface area contributed by atoms with Crippen molar-refractivity contribution in [1.29, 1.82) is 0 Å². The molecule has 1 radical (unpaired) electrons. The first-order valence-corrected chi connectivity index (χ1v) is 6.98. The first kappa shape index (κ1) is 8.91. The molecule has 4 heteroatoms. The second-order valence-electron chi connectivity index (χ2n) is 2.06. The highest BCUT2D eigenvalue weighted by Crippen LogP contribution is 2.05. The van der Waals surface area contributed by atoms with Crippen LogP contribution in [-0.4, -0.2) is 13.6 Å². The molecule has 0 aliphatic carbocycles. The molecule has 0 unspecified atom stereocenters. The summed E-state index contributed by atoms with van der Waals surface area (Å²) in [7, 11) is -1.20. The summed E-state index contributed by atoms with van der Waals surface area (Å²) in [6.07, 6.45) is 0.678. The molecule has 0 heterocycles. The number of rotatable bonds is 3. The topological polar surface area (TPSA) is 12.0 Å². The smallest absolute Gasteiger partial charge is 0.293 e. The number of benzene rings is 1. The third-order valence-corrected chi connectivity index (χ3v) is 2.45. The molecule has 0 aliphatic rings. The summed E-state index contributed by atoms with van der Waals surface area (Å²) in [5.74, 6) is 0. The Morgan fingerprint density at radius 3 is 2.36 bits per heavy atom. The van der Waals surface area contributed by atoms with Gasteiger partial charge in [0.2, 0.25) is 0 Å². The molecule has 11 heavy (non-hydrogen) atoms. The number of hydrogen-bond donors (Lipinski definition) is 1. The predicted molar refractivity (Wildman–Crippen MR) is 52.4 cm³/mol. The van der Waals surface area contributed by atoms with Crippen molar-refractivity contribution in [3.05, 3.63) is 30.3 Å². The van der Waals surface area contributed by atoms with Crippen molar-refractivity contribution < 1.29 is 0 Å². The molecule has 0 spiro atoms. The zero-order valence-electron chi connectivity index (χ0n) is 5.85. The van der Waals surface area contributed by atoms with Gasteiger partial charge in [-0.05, 0) is 12.1 Å². The Hall–Kier alpha value is -0.183. The third-order valence-electron chi connectivity index (χ3n) is 1.20. The van der Waals surface area contributed by atoms with Crippen LogP contribution >= 0.6 is 22.2 Å². The Kier molecular flexibility index (Phi) is 3.76. The molecule has 1 rings (SSSR count). The summed E-state index contributed by atoms with van der Waals surface area (Å²) in [6.45, 7) is 0. The lowest BCUT2D eigenvalue weighted by Crippen LogP contribution is -2.12. The number of para-hydroxylation sites is 1. The largest absolute Gasteiger partial charge is 0.386 e. The molecule has 0 amide bonds. The van der Waals surface area contributed by atoms with Crippen LogP contribution in [0.3, 0.4) is 0 Å². The molecule has 0 saturated carbocycles. The van der Waals surface area contributed by atoms with E-state index >= 15 is 0 Å². The van der Waals surface area contributed by atoms with E-state index in [0.717, 1.165) is 5.69 Å². The van der Waals surface area contributed by atoms with Crippen molar-refractivity contribution >= 4 is 35.3 Å². The van der Waals surface area contributed by atoms with Gasteiger partial charge in [0.05, 0.1) is 0 Å². The zero-order chi connectivity index (χ0) is 8.10. The van der Waals surface area contributed by atoms with Gasteiger partial charge in [0.15, 0.2) is 0 Å². The Labute approximate surface area is 77.3 Å². The normalized spacial score (nSPS) is 10.1. The average Bonchev–Trinajstić information content (AvgIpc) is 2.03. The fourth-order valence-corrected chi connectivity index (χ4v) is 1.46. The van der Waals surface area contributed by atoms with Crippen LogP contribution < -0.4 is 5.32 Å². The van der Waals surface area contributed by atoms with Crippen molar-refractivity contribution in [2.45, 2.75) is 0 Å². The van der Waals surface area contributed by atoms with Crippen molar-refractivity contribution in [1.82, 2.24) is 0 Å². The molecule has 0 aliphatic heterocycles. The van der Waals surface area contributed by atoms with Crippen LogP contribution in [0.4, 0.5) is 5.69 Å². The Balaban J connectivity index is 2.39. The monoisotopic (exact) mass is 204 g/mol. The summed E-state index contributed by atoms with van der Waals surface area (Å²) in [5, 5.41) is 3.13. The predicted octanol–water partition coefficient (Wildman–Crippen LogP) is 2.60. The van der Waals surface area contributed by atoms with Gasteiger partial charge >= 0.3 is 0 Å². The fraction of sp³-hybridized carbons (Fsp3) is 0.143. The van der Waals surface area contributed by atoms with E-state index < -0.39 is 7.42 Å². The maximum Gasteiger partial charge on any atom is 0.293 e. The van der Waals surface area contributed by atoms with E-state index in [1.54, 1.807) is 0 Å². The molecule has 0 bridgehead atoms. The minimum atomic E-state index is -1.20. The number of hydrogen-bond acceptors (Lipinski definition) is 1. The van der Waals surface area contributed by atoms with Crippen LogP contribution in [0.2, 0.25) is 0 Å². The minimum absolute atomic E-state index is 0.678. The van der Waals surface area contributed by atoms with Crippen LogP contribution in [0.5, 0.6) is 0 Å². The average molecular weight is 205 g/mol. The molecular weight excluding hydrogens is 197 g/mol. The van der Waals surface area contributed by atoms with E-state index in [-0.39, 0.29) is 0 Å². The highest BCUT2D eigenvalue weighted by atomic mass is 35.7. The Morgan fingerprint density at radius 1 is 1.18 bits per heavy atom. The van der Waals surface area contributed by atoms with Gasteiger partial charge in [-0.2, -0.15) is 0 Å². The number of halogens is 2. The maximum absolute atomic E-state index is 5.63. The Bertz CT molecular complexity index is 203. The van der Waals surface area contributed by atoms with Crippen LogP contribution in [0.1, 0.15) is 0 Å². The summed E-state index contributed by atoms with van der Waals surface area (Å²) < 4.78 is 0. The van der Waals surface area contributed by atoms with E-state index in [1.165, 1.54) is 0 Å². The molecule has 1 aromatic carbocycles. The van der Waals surface area contributed by atoms with Gasteiger partial charge in [0, 0.05) is 11.9 Å². The first-order chi connectivity index (χ1) is 5.29. The van der Waals surface area contributed by atoms with Gasteiger partial charge in [-0.15, -0.1) is 22.2 Å². The lowest BCUT2D eigenvalue weighted by Gasteiger charge is -2.03. The highest BCUT2D eigenvalue weighted by molar-refractivity contribution is 7.34. The lowest BCUT2D eigenvalue weighted by molar-refractivity contribution is 1.44. The van der Waals surface area contributed by atoms with Gasteiger partial charge in [0.1, 0.15) is 0 Å². The quantitative estimate of drug-likeness (QED) is 0.590. The molecule has 0 fully saturated rings. The SMILES string of the molecule is Cl[Si](Cl)CNc1ccccc1. The van der Waals surface area contributed by atoms with Crippen LogP contribution in [0, 0.1) is 0 Å². The van der Waals surface area contributed by atoms with Gasteiger partial charge in [-0.25, -0.2) is 0 Å². The van der Waals surface area contributed by atoms with E-state index in [9.17, 15) is 0 Å². The molecule has 59 valence electrons. The summed E-state index contributed by atoms with van der Waals surface area (Å²) >= 11 is 11.3. The second kappa shape index (κ2) is 4.65. The van der Waals surface area contributed by atoms with Crippen molar-refractivity contribution in [3.8, 4) is 0 Å². The van der Waals surface area contributed by atoms with Crippen molar-refractivity contribution in [2.24, 2.45) is 0 Å². The number of anilines is 1. The molecule has 1 nitrogen and oxygen atoms in total. The van der Waals surface area contributed by atoms with E-state index in [2.05, 4.69) is 5.32 Å². The van der Waals surface area contributed by atoms with Crippen molar-refractivity contribution in [2.75, 3.05) is 11.5 Å². The Morgan fingerprint density at radius 2 is 1.82 bits per heavy atom. The van der Waals surface area contributed by atoms with E-state index in [1.807, 2.05) is 30.3 Å². The van der Waals surface area contributed by atoms with Crippen LogP contribution in [0.25, 0.3) is 0 Å². The third kappa shape index (κ3) is 3.65. The molecule has 0 atom stereocenters. The summed E-state index contributed by atoms with van der Waals surface area (Å²) in [5.41, 5.74) is 1.07. The standard InChI is InChI=1S/C7H8Cl2NSi/c8-11(9)6-10-7-4-2-1-3-5-7/h1-5,10H,6H2. The molecule has 1 N–H and O–H groups in total. The van der Waals surface area contributed by atoms with Gasteiger partial charge < -0.3 is 5.32 Å². The summed E-state index contributed by atoms with van der Waals surface area (Å²) in [6, 6.07) is 9.88. The highest BCUT2D eigenvalue weighted by Gasteiger charge is 2.00. The van der Waals surface area contributed by atoms with E-state index in [4.69, 9.17) is 22.2 Å². The van der Waals surface area contributed by atoms with Crippen LogP contribution in [0.15, 0.2) is 30.3 Å². The maximum atomic E-state index is 5.63. The van der Waals surface area contributed by atoms with Gasteiger partial charge in [0.25, 0.3) is 7.42 Å². The molecule has 1 aromatic rings. The van der Waals surface area contributed by atoms with Gasteiger partial charge in [-0.1, -0.05) is 18.2 Å². The second-order valence-corrected chi connectivity index (χ2v) is 6.41. The number of nitrogens with one attached hydrogen (secondary N) is 1. The fourth-order valence-electron chi connectivity index (χ4n) is 0.725. The lowest BCUT2D eigenvalue weighted by atomic mass is 10.3. The van der Waals surface area contributed by atoms with Crippen molar-refractivity contribution in [3.63, 3.8) is 0 Å². The first-order valence-electron chi connectivity index (χ1n) is 3.25. The molecular formula is C7H8Cl2NSi. The molecule has 0 aromatic heterocycles. The zero-order valence-corrected chi connectivity index (χ0v) is 8.36. The molecule has 0 saturated heterocycles. The summed E-state index contributed by atoms with van der Waals surface area (Å²) in [4.78, 5) is 0.